The minimum absolute atomic E-state index is 0. The molecule has 0 unspecified atom stereocenters. The van der Waals surface area contributed by atoms with Crippen molar-refractivity contribution in [3.63, 3.8) is 0 Å². The van der Waals surface area contributed by atoms with Crippen molar-refractivity contribution in [1.82, 2.24) is 26.1 Å². The summed E-state index contributed by atoms with van der Waals surface area (Å²) in [5, 5.41) is 36.4. The number of H-pyrrole nitrogens is 1. The first-order valence-electron chi connectivity index (χ1n) is 18.9. The van der Waals surface area contributed by atoms with Crippen molar-refractivity contribution < 1.29 is 151 Å². The third kappa shape index (κ3) is 30.6. The number of nitrogens with one attached hydrogen (secondary N) is 3. The van der Waals surface area contributed by atoms with Crippen LogP contribution >= 0.6 is 31.9 Å². The van der Waals surface area contributed by atoms with E-state index in [0.717, 1.165) is 6.92 Å². The van der Waals surface area contributed by atoms with Gasteiger partial charge in [0.2, 0.25) is 0 Å². The molecule has 0 aliphatic heterocycles. The fraction of sp³-hybridized carbons (Fsp3) is 0.200. The Morgan fingerprint density at radius 1 is 0.650 bits per heavy atom. The monoisotopic (exact) mass is 1310 g/mol. The minimum atomic E-state index is -5.00. The topological polar surface area (TPSA) is 424 Å². The maximum absolute atomic E-state index is 12.7. The third-order valence-corrected chi connectivity index (χ3v) is 8.15. The van der Waals surface area contributed by atoms with E-state index in [1.807, 2.05) is 0 Å². The molecular formula is C40H36Br2F12N9NaO16. The number of pyridine rings is 2. The molecule has 0 aliphatic carbocycles. The Bertz CT molecular complexity index is 2810. The number of aliphatic carboxylic acids is 1. The Morgan fingerprint density at radius 3 is 1.30 bits per heavy atom. The molecule has 0 spiro atoms. The number of nitro groups is 2. The first-order valence-corrected chi connectivity index (χ1v) is 20.8. The van der Waals surface area contributed by atoms with Crippen LogP contribution in [0.25, 0.3) is 11.5 Å². The third-order valence-electron chi connectivity index (χ3n) is 7.32. The quantitative estimate of drug-likeness (QED) is 0.0246. The van der Waals surface area contributed by atoms with Gasteiger partial charge in [0.25, 0.3) is 28.7 Å². The van der Waals surface area contributed by atoms with Crippen molar-refractivity contribution >= 4 is 96.8 Å². The van der Waals surface area contributed by atoms with Gasteiger partial charge in [-0.15, -0.1) is 0 Å². The maximum atomic E-state index is 12.7. The Kier molecular flexibility index (Phi) is 37.9. The molecule has 0 saturated carbocycles. The van der Waals surface area contributed by atoms with E-state index in [1.165, 1.54) is 54.9 Å². The number of aromatic nitrogens is 4. The second kappa shape index (κ2) is 37.3. The van der Waals surface area contributed by atoms with Gasteiger partial charge >= 0.3 is 54.3 Å². The Hall–Kier alpha value is -7.56. The number of alkyl halides is 14. The number of ether oxygens (including phenoxy) is 2. The van der Waals surface area contributed by atoms with Crippen molar-refractivity contribution in [1.29, 1.82) is 0 Å². The molecule has 5 rings (SSSR count). The average Bonchev–Trinajstić information content (AvgIpc) is 3.85. The number of ketones is 3. The number of imidazole rings is 1. The number of carbonyl (C=O) groups is 7. The van der Waals surface area contributed by atoms with E-state index in [0.29, 0.717) is 35.4 Å². The van der Waals surface area contributed by atoms with Gasteiger partial charge in [0.05, 0.1) is 28.2 Å². The summed E-state index contributed by atoms with van der Waals surface area (Å²) in [5.74, 6) is -6.58. The summed E-state index contributed by atoms with van der Waals surface area (Å²) in [5.41, 5.74) is -0.194. The summed E-state index contributed by atoms with van der Waals surface area (Å²) in [6.45, 7) is 0.972. The maximum Gasteiger partial charge on any atom is 1.00 e. The number of aromatic amines is 1. The number of benzene rings is 2. The van der Waals surface area contributed by atoms with Gasteiger partial charge in [0.1, 0.15) is 55.2 Å². The van der Waals surface area contributed by atoms with Gasteiger partial charge in [0.15, 0.2) is 24.7 Å². The molecule has 80 heavy (non-hydrogen) atoms. The van der Waals surface area contributed by atoms with Crippen LogP contribution < -0.4 is 60.9 Å². The number of carbonyl (C=O) groups excluding carboxylic acids is 7. The number of nitro benzene ring substituents is 2. The fourth-order valence-corrected chi connectivity index (χ4v) is 4.68. The molecule has 0 bridgehead atoms. The molecular weight excluding hydrogens is 1270 g/mol. The number of carboxylic acid groups (broad SMARTS) is 1. The van der Waals surface area contributed by atoms with Gasteiger partial charge in [-0.05, 0) is 43.3 Å². The molecule has 3 heterocycles. The molecule has 0 saturated heterocycles. The molecule has 5 aromatic rings. The molecule has 3 aromatic heterocycles. The predicted molar refractivity (Wildman–Crippen MR) is 252 cm³/mol. The number of aldehydes is 3. The summed E-state index contributed by atoms with van der Waals surface area (Å²) in [6, 6.07) is 14.6. The fourth-order valence-electron chi connectivity index (χ4n) is 4.16. The van der Waals surface area contributed by atoms with Gasteiger partial charge in [0, 0.05) is 44.6 Å². The van der Waals surface area contributed by atoms with Crippen LogP contribution in [0.2, 0.25) is 0 Å². The number of Topliss-reactive ketones (excluding diaryl/α,β-unsaturated/α-hetero) is 3. The van der Waals surface area contributed by atoms with Gasteiger partial charge in [-0.2, -0.15) is 52.7 Å². The number of halogens is 14. The molecule has 10 N–H and O–H groups in total. The second-order valence-electron chi connectivity index (χ2n) is 12.7. The predicted octanol–water partition coefficient (Wildman–Crippen LogP) is 4.01. The SMILES string of the molecule is CC(=O)[O-].CNc1ccc(Oc2ccnc(-c3ncc(C(F)(F)F)[nH]3)c2)cc1[N+](=O)[O-].CNc1ccc(Oc2ccnc(C=O)c2)cc1[N+](=O)[O-].N.O.O.O=C(C(Br)Br)C(F)(F)F.O=CC(=O)C(F)(F)F.O=CC(=O)C(F)(F)F.[Na+]. The van der Waals surface area contributed by atoms with Crippen molar-refractivity contribution in [2.24, 2.45) is 0 Å². The van der Waals surface area contributed by atoms with Crippen LogP contribution in [0.1, 0.15) is 23.1 Å². The van der Waals surface area contributed by atoms with Crippen molar-refractivity contribution in [2.75, 3.05) is 24.7 Å². The number of hydrogen-bond acceptors (Lipinski definition) is 20. The first kappa shape index (κ1) is 81.3. The summed E-state index contributed by atoms with van der Waals surface area (Å²) in [7, 11) is 3.15. The van der Waals surface area contributed by atoms with E-state index >= 15 is 0 Å². The van der Waals surface area contributed by atoms with E-state index < -0.39 is 79.9 Å². The number of nitrogens with zero attached hydrogens (tertiary/aromatic N) is 5. The minimum Gasteiger partial charge on any atom is -0.550 e. The van der Waals surface area contributed by atoms with Gasteiger partial charge in [-0.3, -0.25) is 59.0 Å². The van der Waals surface area contributed by atoms with Crippen LogP contribution in [0, 0.1) is 20.2 Å². The van der Waals surface area contributed by atoms with E-state index in [1.54, 1.807) is 32.3 Å². The molecule has 0 aliphatic rings. The second-order valence-corrected chi connectivity index (χ2v) is 15.8. The van der Waals surface area contributed by atoms with Gasteiger partial charge in [-0.25, -0.2) is 4.98 Å². The van der Waals surface area contributed by atoms with Crippen molar-refractivity contribution in [2.45, 2.75) is 35.4 Å². The first-order chi connectivity index (χ1) is 35.0. The van der Waals surface area contributed by atoms with E-state index in [2.05, 4.69) is 62.4 Å². The Morgan fingerprint density at radius 2 is 1.02 bits per heavy atom. The average molecular weight is 1310 g/mol. The molecule has 0 amide bonds. The van der Waals surface area contributed by atoms with E-state index in [-0.39, 0.29) is 86.7 Å². The molecule has 2 aromatic carbocycles. The largest absolute Gasteiger partial charge is 1.00 e. The van der Waals surface area contributed by atoms with Crippen LogP contribution in [0.5, 0.6) is 23.0 Å². The van der Waals surface area contributed by atoms with Gasteiger partial charge < -0.3 is 52.1 Å². The van der Waals surface area contributed by atoms with Gasteiger partial charge in [-0.1, -0.05) is 31.9 Å². The summed E-state index contributed by atoms with van der Waals surface area (Å²) in [6.07, 6.45) is -16.8. The molecule has 436 valence electrons. The molecule has 0 atom stereocenters. The zero-order valence-corrected chi connectivity index (χ0v) is 45.4. The van der Waals surface area contributed by atoms with Crippen LogP contribution in [0.4, 0.5) is 75.4 Å². The van der Waals surface area contributed by atoms with E-state index in [4.69, 9.17) is 29.0 Å². The van der Waals surface area contributed by atoms with Crippen molar-refractivity contribution in [3.8, 4) is 34.5 Å². The smallest absolute Gasteiger partial charge is 0.550 e. The number of carboxylic acids is 1. The zero-order chi connectivity index (χ0) is 58.9. The number of rotatable bonds is 13. The molecule has 0 fully saturated rings. The van der Waals surface area contributed by atoms with Crippen LogP contribution in [0.15, 0.2) is 79.3 Å². The van der Waals surface area contributed by atoms with Crippen LogP contribution in [0.3, 0.4) is 0 Å². The number of anilines is 2. The summed E-state index contributed by atoms with van der Waals surface area (Å²) >= 11 is 4.85. The summed E-state index contributed by atoms with van der Waals surface area (Å²) in [4.78, 5) is 101. The standard InChI is InChI=1S/C16H12F3N5O3.C13H11N3O4.C3HBr2F3O.2C3HF3O2.C2H4O2.H3N.Na.2H2O/c1-20-11-3-2-9(7-13(11)24(25)26)27-10-4-5-21-12(6-10)15-22-8-14(23-15)16(17,18)19;1-14-12-3-2-10(7-13(12)16(18)19)20-11-4-5-15-9(6-11)8-17;4-2(5)1(9)3(6,7)8;2*4-3(5,6)2(8)1-7;1-2(3)4;;;;/h2-8,20H,1H3,(H,22,23);2-8,14H,1H3;2H;2*1H;1H3,(H,3,4);1H3;;2*1H2/q;;;;;;;+1;;/p-1. The van der Waals surface area contributed by atoms with Crippen LogP contribution in [-0.2, 0) is 34.9 Å². The zero-order valence-electron chi connectivity index (χ0n) is 40.3. The molecule has 40 heteroatoms. The van der Waals surface area contributed by atoms with Crippen LogP contribution in [-0.4, -0.2) is 119 Å². The van der Waals surface area contributed by atoms with Crippen molar-refractivity contribution in [3.05, 3.63) is 111 Å². The molecule has 25 nitrogen and oxygen atoms in total. The Labute approximate surface area is 477 Å². The summed E-state index contributed by atoms with van der Waals surface area (Å²) < 4.78 is 147. The number of hydrogen-bond donors (Lipinski definition) is 4. The van der Waals surface area contributed by atoms with E-state index in [9.17, 15) is 92.1 Å². The molecule has 0 radical (unpaired) electrons. The normalized spacial score (nSPS) is 10.1. The Balaban J connectivity index is -0.000000311.